The van der Waals surface area contributed by atoms with Gasteiger partial charge in [-0.25, -0.2) is 4.79 Å². The van der Waals surface area contributed by atoms with Crippen molar-refractivity contribution >= 4 is 17.8 Å². The third-order valence-electron chi connectivity index (χ3n) is 8.28. The van der Waals surface area contributed by atoms with Crippen LogP contribution in [-0.2, 0) is 9.59 Å². The minimum absolute atomic E-state index is 0.0568. The fourth-order valence-corrected chi connectivity index (χ4v) is 6.17. The lowest BCUT2D eigenvalue weighted by atomic mass is 9.89. The summed E-state index contributed by atoms with van der Waals surface area (Å²) in [5.74, 6) is 0.258. The molecule has 0 bridgehead atoms. The summed E-state index contributed by atoms with van der Waals surface area (Å²) in [6.07, 6.45) is 5.90. The number of nitrogens with zero attached hydrogens (tertiary/aromatic N) is 4. The fraction of sp³-hybridized carbons (Fsp3) is 0.654. The third-order valence-corrected chi connectivity index (χ3v) is 8.28. The molecule has 4 heterocycles. The number of urea groups is 1. The normalized spacial score (nSPS) is 28.5. The molecule has 2 atom stereocenters. The second kappa shape index (κ2) is 9.68. The number of rotatable bonds is 4. The summed E-state index contributed by atoms with van der Waals surface area (Å²) in [4.78, 5) is 46.8. The van der Waals surface area contributed by atoms with E-state index in [0.29, 0.717) is 45.4 Å². The second-order valence-electron chi connectivity index (χ2n) is 10.5. The summed E-state index contributed by atoms with van der Waals surface area (Å²) in [5.41, 5.74) is 5.36. The van der Waals surface area contributed by atoms with Gasteiger partial charge in [-0.2, -0.15) is 0 Å². The van der Waals surface area contributed by atoms with Crippen LogP contribution in [0.4, 0.5) is 4.79 Å². The Labute approximate surface area is 207 Å². The molecule has 5 aliphatic rings. The number of allylic oxidation sites excluding steroid dienone is 3. The molecule has 4 amide bonds. The van der Waals surface area contributed by atoms with Crippen molar-refractivity contribution in [2.24, 2.45) is 0 Å². The van der Waals surface area contributed by atoms with Crippen LogP contribution in [0, 0.1) is 0 Å². The second-order valence-corrected chi connectivity index (χ2v) is 10.5. The van der Waals surface area contributed by atoms with Gasteiger partial charge in [0.05, 0.1) is 0 Å². The highest BCUT2D eigenvalue weighted by molar-refractivity contribution is 5.95. The Morgan fingerprint density at radius 2 is 1.77 bits per heavy atom. The van der Waals surface area contributed by atoms with E-state index in [1.54, 1.807) is 4.90 Å². The summed E-state index contributed by atoms with van der Waals surface area (Å²) in [5, 5.41) is 6.50. The zero-order valence-corrected chi connectivity index (χ0v) is 21.2. The van der Waals surface area contributed by atoms with Crippen LogP contribution in [0.2, 0.25) is 0 Å². The highest BCUT2D eigenvalue weighted by atomic mass is 16.2. The van der Waals surface area contributed by atoms with Crippen molar-refractivity contribution in [2.45, 2.75) is 65.1 Å². The number of carbonyl (C=O) groups is 3. The fourth-order valence-electron chi connectivity index (χ4n) is 6.17. The van der Waals surface area contributed by atoms with Crippen LogP contribution in [0.15, 0.2) is 34.2 Å². The van der Waals surface area contributed by atoms with E-state index in [9.17, 15) is 14.4 Å². The van der Waals surface area contributed by atoms with Gasteiger partial charge in [-0.05, 0) is 51.2 Å². The zero-order chi connectivity index (χ0) is 24.7. The Balaban J connectivity index is 1.30. The molecular weight excluding hydrogens is 444 g/mol. The van der Waals surface area contributed by atoms with Crippen LogP contribution < -0.4 is 10.6 Å². The van der Waals surface area contributed by atoms with Crippen molar-refractivity contribution in [3.63, 3.8) is 0 Å². The molecule has 1 aliphatic carbocycles. The number of piperazine rings is 1. The zero-order valence-electron chi connectivity index (χ0n) is 21.2. The minimum Gasteiger partial charge on any atom is -0.369 e. The molecule has 0 aromatic heterocycles. The lowest BCUT2D eigenvalue weighted by Crippen LogP contribution is -2.57. The molecule has 3 fully saturated rings. The monoisotopic (exact) mass is 482 g/mol. The largest absolute Gasteiger partial charge is 0.369 e. The number of likely N-dealkylation sites (tertiary alicyclic amines) is 1. The lowest BCUT2D eigenvalue weighted by molar-refractivity contribution is -0.130. The van der Waals surface area contributed by atoms with Crippen LogP contribution in [0.25, 0.3) is 0 Å². The van der Waals surface area contributed by atoms with Crippen LogP contribution in [-0.4, -0.2) is 95.5 Å². The Morgan fingerprint density at radius 1 is 1.00 bits per heavy atom. The van der Waals surface area contributed by atoms with E-state index < -0.39 is 0 Å². The van der Waals surface area contributed by atoms with Gasteiger partial charge in [0.1, 0.15) is 6.17 Å². The molecule has 35 heavy (non-hydrogen) atoms. The van der Waals surface area contributed by atoms with Crippen molar-refractivity contribution in [3.05, 3.63) is 34.2 Å². The summed E-state index contributed by atoms with van der Waals surface area (Å²) in [6.45, 7) is 11.3. The SMILES string of the molecule is CC1=CC(C)=C(C)NC1N1CCN(C(=O)C2=C(N3CCNC3=O)CC(N3CCCC3=O)CC2)CC1. The Kier molecular flexibility index (Phi) is 6.61. The van der Waals surface area contributed by atoms with Gasteiger partial charge < -0.3 is 20.4 Å². The van der Waals surface area contributed by atoms with Crippen molar-refractivity contribution in [2.75, 3.05) is 45.8 Å². The number of hydrogen-bond acceptors (Lipinski definition) is 5. The van der Waals surface area contributed by atoms with Gasteiger partial charge in [-0.3, -0.25) is 19.4 Å². The molecule has 0 aromatic carbocycles. The molecule has 4 aliphatic heterocycles. The topological polar surface area (TPSA) is 88.2 Å². The highest BCUT2D eigenvalue weighted by Crippen LogP contribution is 2.34. The van der Waals surface area contributed by atoms with Crippen LogP contribution in [0.5, 0.6) is 0 Å². The molecule has 3 saturated heterocycles. The summed E-state index contributed by atoms with van der Waals surface area (Å²) < 4.78 is 0. The summed E-state index contributed by atoms with van der Waals surface area (Å²) >= 11 is 0. The highest BCUT2D eigenvalue weighted by Gasteiger charge is 2.39. The molecule has 2 N–H and O–H groups in total. The first-order chi connectivity index (χ1) is 16.8. The van der Waals surface area contributed by atoms with Gasteiger partial charge in [-0.15, -0.1) is 0 Å². The Morgan fingerprint density at radius 3 is 2.43 bits per heavy atom. The maximum absolute atomic E-state index is 13.7. The van der Waals surface area contributed by atoms with Gasteiger partial charge in [0.2, 0.25) is 5.91 Å². The van der Waals surface area contributed by atoms with E-state index in [1.807, 2.05) is 9.80 Å². The first-order valence-electron chi connectivity index (χ1n) is 13.1. The standard InChI is InChI=1S/C26H38N6O3/c1-17-15-18(2)24(28-19(17)3)29-11-13-30(14-12-29)25(34)21-7-6-20(31-9-4-5-23(31)33)16-22(21)32-10-8-27-26(32)35/h15,20,24,28H,4-14,16H2,1-3H3,(H,27,35). The predicted octanol–water partition coefficient (Wildman–Crippen LogP) is 1.75. The first-order valence-corrected chi connectivity index (χ1v) is 13.1. The molecule has 9 heteroatoms. The number of nitrogens with one attached hydrogen (secondary N) is 2. The van der Waals surface area contributed by atoms with Crippen molar-refractivity contribution in [1.82, 2.24) is 30.2 Å². The van der Waals surface area contributed by atoms with E-state index in [2.05, 4.69) is 42.4 Å². The summed E-state index contributed by atoms with van der Waals surface area (Å²) in [6, 6.07) is -0.0541. The maximum atomic E-state index is 13.7. The van der Waals surface area contributed by atoms with Crippen molar-refractivity contribution in [1.29, 1.82) is 0 Å². The number of amides is 4. The average Bonchev–Trinajstić information content (AvgIpc) is 3.48. The average molecular weight is 483 g/mol. The van der Waals surface area contributed by atoms with E-state index in [0.717, 1.165) is 43.7 Å². The summed E-state index contributed by atoms with van der Waals surface area (Å²) in [7, 11) is 0. The molecule has 190 valence electrons. The molecule has 0 aromatic rings. The first kappa shape index (κ1) is 23.9. The molecule has 0 saturated carbocycles. The smallest absolute Gasteiger partial charge is 0.321 e. The van der Waals surface area contributed by atoms with E-state index in [-0.39, 0.29) is 30.1 Å². The third kappa shape index (κ3) is 4.58. The molecular formula is C26H38N6O3. The van der Waals surface area contributed by atoms with Crippen molar-refractivity contribution in [3.8, 4) is 0 Å². The molecule has 9 nitrogen and oxygen atoms in total. The minimum atomic E-state index is -0.132. The van der Waals surface area contributed by atoms with E-state index >= 15 is 0 Å². The van der Waals surface area contributed by atoms with Crippen molar-refractivity contribution < 1.29 is 14.4 Å². The molecule has 0 spiro atoms. The van der Waals surface area contributed by atoms with Gasteiger partial charge in [0.25, 0.3) is 5.91 Å². The van der Waals surface area contributed by atoms with Crippen LogP contribution >= 0.6 is 0 Å². The Hall–Kier alpha value is -2.81. The Bertz CT molecular complexity index is 1010. The molecule has 0 radical (unpaired) electrons. The van der Waals surface area contributed by atoms with E-state index in [1.165, 1.54) is 16.8 Å². The quantitative estimate of drug-likeness (QED) is 0.638. The number of hydrogen-bond donors (Lipinski definition) is 2. The number of dihydropyridines is 1. The van der Waals surface area contributed by atoms with Gasteiger partial charge >= 0.3 is 6.03 Å². The van der Waals surface area contributed by atoms with Gasteiger partial charge in [-0.1, -0.05) is 6.08 Å². The van der Waals surface area contributed by atoms with Crippen LogP contribution in [0.3, 0.4) is 0 Å². The predicted molar refractivity (Wildman–Crippen MR) is 133 cm³/mol. The molecule has 2 unspecified atom stereocenters. The molecule has 5 rings (SSSR count). The van der Waals surface area contributed by atoms with Gasteiger partial charge in [0.15, 0.2) is 0 Å². The number of carbonyl (C=O) groups excluding carboxylic acids is 3. The van der Waals surface area contributed by atoms with Crippen LogP contribution in [0.1, 0.15) is 52.9 Å². The van der Waals surface area contributed by atoms with Gasteiger partial charge in [0, 0.05) is 81.7 Å². The maximum Gasteiger partial charge on any atom is 0.321 e. The lowest BCUT2D eigenvalue weighted by Gasteiger charge is -2.42. The van der Waals surface area contributed by atoms with E-state index in [4.69, 9.17) is 0 Å².